The third kappa shape index (κ3) is 5.51. The number of aromatic nitrogens is 2. The van der Waals surface area contributed by atoms with Gasteiger partial charge in [-0.05, 0) is 24.3 Å². The summed E-state index contributed by atoms with van der Waals surface area (Å²) < 4.78 is 5.31. The normalized spacial score (nSPS) is 14.9. The Hall–Kier alpha value is -2.51. The third-order valence-electron chi connectivity index (χ3n) is 4.01. The smallest absolute Gasteiger partial charge is 0.269 e. The van der Waals surface area contributed by atoms with E-state index in [1.807, 2.05) is 24.3 Å². The first-order valence-electron chi connectivity index (χ1n) is 8.49. The molecule has 0 aliphatic carbocycles. The van der Waals surface area contributed by atoms with Gasteiger partial charge in [0, 0.05) is 32.4 Å². The minimum atomic E-state index is -0.149. The van der Waals surface area contributed by atoms with Gasteiger partial charge in [-0.25, -0.2) is 4.98 Å². The second kappa shape index (κ2) is 9.10. The van der Waals surface area contributed by atoms with Gasteiger partial charge in [0.05, 0.1) is 37.3 Å². The van der Waals surface area contributed by atoms with Gasteiger partial charge < -0.3 is 15.4 Å². The monoisotopic (exact) mass is 341 g/mol. The Kier molecular flexibility index (Phi) is 6.30. The Morgan fingerprint density at radius 1 is 1.16 bits per heavy atom. The van der Waals surface area contributed by atoms with E-state index in [4.69, 9.17) is 4.74 Å². The van der Waals surface area contributed by atoms with E-state index in [1.165, 1.54) is 0 Å². The topological polar surface area (TPSA) is 79.4 Å². The van der Waals surface area contributed by atoms with Crippen LogP contribution >= 0.6 is 0 Å². The molecule has 0 unspecified atom stereocenters. The van der Waals surface area contributed by atoms with E-state index < -0.39 is 0 Å². The van der Waals surface area contributed by atoms with E-state index in [0.29, 0.717) is 18.8 Å². The van der Waals surface area contributed by atoms with Crippen LogP contribution in [0.3, 0.4) is 0 Å². The summed E-state index contributed by atoms with van der Waals surface area (Å²) in [7, 11) is 0. The average molecular weight is 341 g/mol. The first-order chi connectivity index (χ1) is 12.3. The highest BCUT2D eigenvalue weighted by molar-refractivity contribution is 5.92. The van der Waals surface area contributed by atoms with Crippen molar-refractivity contribution < 1.29 is 9.53 Å². The van der Waals surface area contributed by atoms with Crippen LogP contribution in [0.25, 0.3) is 0 Å². The van der Waals surface area contributed by atoms with Gasteiger partial charge in [0.15, 0.2) is 0 Å². The van der Waals surface area contributed by atoms with Crippen molar-refractivity contribution in [2.45, 2.75) is 6.54 Å². The molecule has 0 atom stereocenters. The van der Waals surface area contributed by atoms with Crippen molar-refractivity contribution in [3.63, 3.8) is 0 Å². The number of ether oxygens (including phenoxy) is 1. The molecule has 2 N–H and O–H groups in total. The zero-order valence-corrected chi connectivity index (χ0v) is 14.1. The number of hydrogen-bond donors (Lipinski definition) is 2. The maximum Gasteiger partial charge on any atom is 0.269 e. The van der Waals surface area contributed by atoms with Crippen molar-refractivity contribution in [1.82, 2.24) is 20.2 Å². The molecule has 0 spiro atoms. The van der Waals surface area contributed by atoms with Crippen LogP contribution < -0.4 is 10.6 Å². The molecule has 0 aromatic carbocycles. The Bertz CT molecular complexity index is 657. The van der Waals surface area contributed by atoms with Gasteiger partial charge in [0.25, 0.3) is 5.91 Å². The summed E-state index contributed by atoms with van der Waals surface area (Å²) in [6.45, 7) is 5.44. The predicted molar refractivity (Wildman–Crippen MR) is 95.4 cm³/mol. The maximum absolute atomic E-state index is 12.1. The molecule has 1 aliphatic rings. The van der Waals surface area contributed by atoms with E-state index >= 15 is 0 Å². The molecule has 0 radical (unpaired) electrons. The minimum absolute atomic E-state index is 0.149. The summed E-state index contributed by atoms with van der Waals surface area (Å²) >= 11 is 0. The lowest BCUT2D eigenvalue weighted by Crippen LogP contribution is -2.41. The predicted octanol–water partition coefficient (Wildman–Crippen LogP) is 1.15. The van der Waals surface area contributed by atoms with Gasteiger partial charge in [-0.2, -0.15) is 0 Å². The van der Waals surface area contributed by atoms with Crippen molar-refractivity contribution in [1.29, 1.82) is 0 Å². The Labute approximate surface area is 147 Å². The van der Waals surface area contributed by atoms with Crippen LogP contribution in [-0.4, -0.2) is 60.2 Å². The van der Waals surface area contributed by atoms with Gasteiger partial charge in [-0.15, -0.1) is 0 Å². The van der Waals surface area contributed by atoms with Crippen LogP contribution in [-0.2, 0) is 11.3 Å². The molecule has 1 fully saturated rings. The van der Waals surface area contributed by atoms with Gasteiger partial charge in [0.1, 0.15) is 5.69 Å². The fourth-order valence-electron chi connectivity index (χ4n) is 2.57. The van der Waals surface area contributed by atoms with E-state index in [0.717, 1.165) is 44.2 Å². The zero-order valence-electron chi connectivity index (χ0n) is 14.1. The lowest BCUT2D eigenvalue weighted by atomic mass is 10.3. The lowest BCUT2D eigenvalue weighted by Gasteiger charge is -2.26. The Balaban J connectivity index is 1.42. The number of hydrogen-bond acceptors (Lipinski definition) is 6. The molecule has 2 aromatic heterocycles. The molecule has 0 saturated carbocycles. The van der Waals surface area contributed by atoms with E-state index in [1.54, 1.807) is 18.5 Å². The molecule has 2 aromatic rings. The van der Waals surface area contributed by atoms with Crippen molar-refractivity contribution in [3.05, 3.63) is 54.1 Å². The van der Waals surface area contributed by atoms with Crippen LogP contribution in [0.15, 0.2) is 42.7 Å². The first kappa shape index (κ1) is 17.3. The average Bonchev–Trinajstić information content (AvgIpc) is 2.68. The van der Waals surface area contributed by atoms with Crippen LogP contribution in [0.1, 0.15) is 16.2 Å². The molecule has 25 heavy (non-hydrogen) atoms. The lowest BCUT2D eigenvalue weighted by molar-refractivity contribution is 0.0383. The van der Waals surface area contributed by atoms with Crippen molar-refractivity contribution in [3.8, 4) is 0 Å². The highest BCUT2D eigenvalue weighted by Gasteiger charge is 2.11. The number of carbonyl (C=O) groups excluding carboxylic acids is 1. The van der Waals surface area contributed by atoms with E-state index in [-0.39, 0.29) is 5.91 Å². The molecule has 7 heteroatoms. The molecule has 1 saturated heterocycles. The summed E-state index contributed by atoms with van der Waals surface area (Å²) in [6.07, 6.45) is 3.43. The molecular weight excluding hydrogens is 318 g/mol. The highest BCUT2D eigenvalue weighted by Crippen LogP contribution is 2.08. The van der Waals surface area contributed by atoms with Crippen LogP contribution in [0, 0.1) is 0 Å². The second-order valence-corrected chi connectivity index (χ2v) is 5.82. The number of rotatable bonds is 7. The quantitative estimate of drug-likeness (QED) is 0.786. The van der Waals surface area contributed by atoms with E-state index in [9.17, 15) is 4.79 Å². The number of morpholine rings is 1. The van der Waals surface area contributed by atoms with Gasteiger partial charge >= 0.3 is 0 Å². The number of anilines is 1. The SMILES string of the molecule is O=C(NCCN1CCOCC1)c1ccc(NCc2ccccn2)cn1. The molecule has 132 valence electrons. The van der Waals surface area contributed by atoms with Crippen LogP contribution in [0.4, 0.5) is 5.69 Å². The zero-order chi connectivity index (χ0) is 17.3. The molecule has 1 aliphatic heterocycles. The van der Waals surface area contributed by atoms with E-state index in [2.05, 4.69) is 25.5 Å². The Morgan fingerprint density at radius 2 is 2.04 bits per heavy atom. The molecular formula is C18H23N5O2. The fourth-order valence-corrected chi connectivity index (χ4v) is 2.57. The number of nitrogens with zero attached hydrogens (tertiary/aromatic N) is 3. The van der Waals surface area contributed by atoms with Gasteiger partial charge in [-0.3, -0.25) is 14.7 Å². The first-order valence-corrected chi connectivity index (χ1v) is 8.49. The summed E-state index contributed by atoms with van der Waals surface area (Å²) in [6, 6.07) is 9.37. The van der Waals surface area contributed by atoms with Gasteiger partial charge in [-0.1, -0.05) is 6.07 Å². The Morgan fingerprint density at radius 3 is 2.76 bits per heavy atom. The number of nitrogens with one attached hydrogen (secondary N) is 2. The molecule has 3 rings (SSSR count). The second-order valence-electron chi connectivity index (χ2n) is 5.82. The third-order valence-corrected chi connectivity index (χ3v) is 4.01. The minimum Gasteiger partial charge on any atom is -0.379 e. The van der Waals surface area contributed by atoms with Gasteiger partial charge in [0.2, 0.25) is 0 Å². The maximum atomic E-state index is 12.1. The number of carbonyl (C=O) groups is 1. The summed E-state index contributed by atoms with van der Waals surface area (Å²) in [5.41, 5.74) is 2.23. The van der Waals surface area contributed by atoms with Crippen LogP contribution in [0.2, 0.25) is 0 Å². The van der Waals surface area contributed by atoms with Crippen molar-refractivity contribution in [2.75, 3.05) is 44.7 Å². The van der Waals surface area contributed by atoms with Crippen molar-refractivity contribution >= 4 is 11.6 Å². The molecule has 7 nitrogen and oxygen atoms in total. The summed E-state index contributed by atoms with van der Waals surface area (Å²) in [4.78, 5) is 22.9. The molecule has 3 heterocycles. The van der Waals surface area contributed by atoms with Crippen LogP contribution in [0.5, 0.6) is 0 Å². The van der Waals surface area contributed by atoms with Crippen molar-refractivity contribution in [2.24, 2.45) is 0 Å². The number of pyridine rings is 2. The highest BCUT2D eigenvalue weighted by atomic mass is 16.5. The standard InChI is InChI=1S/C18H23N5O2/c24-18(20-7-8-23-9-11-25-12-10-23)17-5-4-16(14-22-17)21-13-15-3-1-2-6-19-15/h1-6,14,21H,7-13H2,(H,20,24). The largest absolute Gasteiger partial charge is 0.379 e. The summed E-state index contributed by atoms with van der Waals surface area (Å²) in [5.74, 6) is -0.149. The molecule has 0 bridgehead atoms. The summed E-state index contributed by atoms with van der Waals surface area (Å²) in [5, 5.41) is 6.15. The number of amides is 1. The molecule has 1 amide bonds. The fraction of sp³-hybridized carbons (Fsp3) is 0.389.